The van der Waals surface area contributed by atoms with Gasteiger partial charge in [0.1, 0.15) is 9.84 Å². The molecule has 0 unspecified atom stereocenters. The Hall–Kier alpha value is -0.780. The fourth-order valence-corrected chi connectivity index (χ4v) is 1.77. The van der Waals surface area contributed by atoms with Gasteiger partial charge in [-0.15, -0.1) is 0 Å². The van der Waals surface area contributed by atoms with Gasteiger partial charge in [-0.05, 0) is 18.8 Å². The van der Waals surface area contributed by atoms with Crippen LogP contribution >= 0.6 is 0 Å². The van der Waals surface area contributed by atoms with Crippen molar-refractivity contribution in [3.8, 4) is 0 Å². The lowest BCUT2D eigenvalue weighted by molar-refractivity contribution is 0.549. The Morgan fingerprint density at radius 1 is 1.24 bits per heavy atom. The highest BCUT2D eigenvalue weighted by molar-refractivity contribution is 7.90. The zero-order valence-electron chi connectivity index (χ0n) is 11.3. The second-order valence-electron chi connectivity index (χ2n) is 4.59. The molecular formula is C11H25N3O2S. The van der Waals surface area contributed by atoms with Gasteiger partial charge in [-0.2, -0.15) is 0 Å². The molecule has 0 fully saturated rings. The molecule has 0 aliphatic rings. The zero-order valence-corrected chi connectivity index (χ0v) is 12.1. The molecule has 0 saturated carbocycles. The molecule has 0 aromatic carbocycles. The molecule has 102 valence electrons. The van der Waals surface area contributed by atoms with Crippen molar-refractivity contribution in [1.82, 2.24) is 10.6 Å². The summed E-state index contributed by atoms with van der Waals surface area (Å²) in [7, 11) is -1.23. The molecule has 17 heavy (non-hydrogen) atoms. The van der Waals surface area contributed by atoms with Crippen LogP contribution in [0.1, 0.15) is 26.7 Å². The van der Waals surface area contributed by atoms with Crippen molar-refractivity contribution in [1.29, 1.82) is 0 Å². The minimum Gasteiger partial charge on any atom is -0.356 e. The van der Waals surface area contributed by atoms with E-state index in [4.69, 9.17) is 0 Å². The predicted molar refractivity (Wildman–Crippen MR) is 73.1 cm³/mol. The highest BCUT2D eigenvalue weighted by atomic mass is 32.2. The summed E-state index contributed by atoms with van der Waals surface area (Å²) in [4.78, 5) is 4.02. The Labute approximate surface area is 105 Å². The standard InChI is InChI=1S/C11H25N3O2S/c1-10(2)6-5-7-13-11(12-3)14-8-9-17(4,15)16/h10H,5-9H2,1-4H3,(H2,12,13,14). The highest BCUT2D eigenvalue weighted by Crippen LogP contribution is 2.01. The van der Waals surface area contributed by atoms with Crippen LogP contribution in [0, 0.1) is 5.92 Å². The van der Waals surface area contributed by atoms with E-state index in [0.717, 1.165) is 13.0 Å². The number of hydrogen-bond acceptors (Lipinski definition) is 3. The fraction of sp³-hybridized carbons (Fsp3) is 0.909. The molecule has 0 amide bonds. The summed E-state index contributed by atoms with van der Waals surface area (Å²) in [6.45, 7) is 5.64. The summed E-state index contributed by atoms with van der Waals surface area (Å²) in [6.07, 6.45) is 3.49. The van der Waals surface area contributed by atoms with Gasteiger partial charge in [0.05, 0.1) is 5.75 Å². The molecule has 0 aromatic heterocycles. The van der Waals surface area contributed by atoms with E-state index in [9.17, 15) is 8.42 Å². The molecule has 0 radical (unpaired) electrons. The summed E-state index contributed by atoms with van der Waals surface area (Å²) in [5.74, 6) is 1.49. The van der Waals surface area contributed by atoms with Crippen LogP contribution < -0.4 is 10.6 Å². The number of rotatable bonds is 7. The lowest BCUT2D eigenvalue weighted by atomic mass is 10.1. The summed E-state index contributed by atoms with van der Waals surface area (Å²) in [5.41, 5.74) is 0. The Morgan fingerprint density at radius 3 is 2.29 bits per heavy atom. The lowest BCUT2D eigenvalue weighted by Crippen LogP contribution is -2.39. The fourth-order valence-electron chi connectivity index (χ4n) is 1.29. The van der Waals surface area contributed by atoms with Gasteiger partial charge in [-0.1, -0.05) is 13.8 Å². The SMILES string of the molecule is CN=C(NCCCC(C)C)NCCS(C)(=O)=O. The first-order valence-corrected chi connectivity index (χ1v) is 8.03. The number of guanidine groups is 1. The van der Waals surface area contributed by atoms with Crippen LogP contribution in [0.15, 0.2) is 4.99 Å². The maximum absolute atomic E-state index is 10.9. The molecule has 0 spiro atoms. The summed E-state index contributed by atoms with van der Waals surface area (Å²) in [6, 6.07) is 0. The predicted octanol–water partition coefficient (Wildman–Crippen LogP) is 0.632. The molecule has 0 saturated heterocycles. The van der Waals surface area contributed by atoms with Crippen molar-refractivity contribution in [2.24, 2.45) is 10.9 Å². The van der Waals surface area contributed by atoms with Crippen molar-refractivity contribution in [3.63, 3.8) is 0 Å². The molecule has 5 nitrogen and oxygen atoms in total. The van der Waals surface area contributed by atoms with Crippen molar-refractivity contribution in [2.75, 3.05) is 32.1 Å². The zero-order chi connectivity index (χ0) is 13.3. The van der Waals surface area contributed by atoms with Crippen molar-refractivity contribution in [3.05, 3.63) is 0 Å². The summed E-state index contributed by atoms with van der Waals surface area (Å²) >= 11 is 0. The number of nitrogens with one attached hydrogen (secondary N) is 2. The van der Waals surface area contributed by atoms with Gasteiger partial charge in [0, 0.05) is 26.4 Å². The van der Waals surface area contributed by atoms with Gasteiger partial charge in [0.15, 0.2) is 5.96 Å². The van der Waals surface area contributed by atoms with Crippen LogP contribution in [0.25, 0.3) is 0 Å². The number of aliphatic imine (C=N–C) groups is 1. The van der Waals surface area contributed by atoms with Crippen molar-refractivity contribution < 1.29 is 8.42 Å². The molecule has 0 aromatic rings. The molecule has 0 aliphatic carbocycles. The van der Waals surface area contributed by atoms with Gasteiger partial charge >= 0.3 is 0 Å². The maximum atomic E-state index is 10.9. The van der Waals surface area contributed by atoms with Gasteiger partial charge in [0.25, 0.3) is 0 Å². The molecule has 0 aliphatic heterocycles. The van der Waals surface area contributed by atoms with Crippen LogP contribution in [0.4, 0.5) is 0 Å². The van der Waals surface area contributed by atoms with E-state index < -0.39 is 9.84 Å². The average Bonchev–Trinajstić information content (AvgIpc) is 2.19. The minimum absolute atomic E-state index is 0.125. The monoisotopic (exact) mass is 263 g/mol. The van der Waals surface area contributed by atoms with E-state index in [1.54, 1.807) is 7.05 Å². The van der Waals surface area contributed by atoms with E-state index in [2.05, 4.69) is 29.5 Å². The molecule has 0 rings (SSSR count). The molecule has 0 heterocycles. The number of sulfone groups is 1. The first-order chi connectivity index (χ1) is 7.85. The average molecular weight is 263 g/mol. The Bertz CT molecular complexity index is 324. The van der Waals surface area contributed by atoms with Crippen molar-refractivity contribution >= 4 is 15.8 Å². The minimum atomic E-state index is -2.91. The smallest absolute Gasteiger partial charge is 0.191 e. The molecule has 6 heteroatoms. The van der Waals surface area contributed by atoms with E-state index in [1.165, 1.54) is 12.7 Å². The quantitative estimate of drug-likeness (QED) is 0.401. The second-order valence-corrected chi connectivity index (χ2v) is 6.85. The van der Waals surface area contributed by atoms with Gasteiger partial charge in [-0.25, -0.2) is 8.42 Å². The highest BCUT2D eigenvalue weighted by Gasteiger charge is 2.02. The van der Waals surface area contributed by atoms with Crippen LogP contribution in [0.3, 0.4) is 0 Å². The first kappa shape index (κ1) is 16.2. The van der Waals surface area contributed by atoms with Crippen LogP contribution in [-0.4, -0.2) is 46.5 Å². The van der Waals surface area contributed by atoms with Crippen molar-refractivity contribution in [2.45, 2.75) is 26.7 Å². The maximum Gasteiger partial charge on any atom is 0.191 e. The number of nitrogens with zero attached hydrogens (tertiary/aromatic N) is 1. The lowest BCUT2D eigenvalue weighted by Gasteiger charge is -2.11. The Kier molecular flexibility index (Phi) is 7.95. The molecule has 0 atom stereocenters. The third-order valence-electron chi connectivity index (χ3n) is 2.24. The van der Waals surface area contributed by atoms with Crippen LogP contribution in [0.2, 0.25) is 0 Å². The van der Waals surface area contributed by atoms with E-state index in [1.807, 2.05) is 0 Å². The van der Waals surface area contributed by atoms with Crippen LogP contribution in [-0.2, 0) is 9.84 Å². The Balaban J connectivity index is 3.72. The van der Waals surface area contributed by atoms with Crippen LogP contribution in [0.5, 0.6) is 0 Å². The third-order valence-corrected chi connectivity index (χ3v) is 3.19. The van der Waals surface area contributed by atoms with E-state index in [0.29, 0.717) is 18.4 Å². The van der Waals surface area contributed by atoms with E-state index >= 15 is 0 Å². The van der Waals surface area contributed by atoms with Gasteiger partial charge in [0.2, 0.25) is 0 Å². The van der Waals surface area contributed by atoms with E-state index in [-0.39, 0.29) is 5.75 Å². The summed E-state index contributed by atoms with van der Waals surface area (Å²) in [5, 5.41) is 6.13. The second kappa shape index (κ2) is 8.33. The number of hydrogen-bond donors (Lipinski definition) is 2. The topological polar surface area (TPSA) is 70.6 Å². The molecule has 2 N–H and O–H groups in total. The first-order valence-electron chi connectivity index (χ1n) is 5.97. The normalized spacial score (nSPS) is 12.9. The molecular weight excluding hydrogens is 238 g/mol. The largest absolute Gasteiger partial charge is 0.356 e. The van der Waals surface area contributed by atoms with Gasteiger partial charge < -0.3 is 10.6 Å². The van der Waals surface area contributed by atoms with Gasteiger partial charge in [-0.3, -0.25) is 4.99 Å². The Morgan fingerprint density at radius 2 is 1.82 bits per heavy atom. The molecule has 0 bridgehead atoms. The third kappa shape index (κ3) is 11.5. The summed E-state index contributed by atoms with van der Waals surface area (Å²) < 4.78 is 21.9.